The van der Waals surface area contributed by atoms with Crippen LogP contribution in [0.25, 0.3) is 0 Å². The van der Waals surface area contributed by atoms with E-state index in [4.69, 9.17) is 0 Å². The second kappa shape index (κ2) is 9.67. The summed E-state index contributed by atoms with van der Waals surface area (Å²) in [6.07, 6.45) is 3.73. The van der Waals surface area contributed by atoms with E-state index >= 15 is 0 Å². The molecule has 1 aliphatic heterocycles. The number of nitrogens with one attached hydrogen (secondary N) is 1. The van der Waals surface area contributed by atoms with Crippen LogP contribution < -0.4 is 14.5 Å². The van der Waals surface area contributed by atoms with E-state index in [-0.39, 0.29) is 10.8 Å². The average molecular weight is 464 g/mol. The van der Waals surface area contributed by atoms with Gasteiger partial charge in [-0.1, -0.05) is 17.7 Å². The van der Waals surface area contributed by atoms with E-state index < -0.39 is 10.0 Å². The van der Waals surface area contributed by atoms with Crippen molar-refractivity contribution in [1.82, 2.24) is 0 Å². The van der Waals surface area contributed by atoms with Gasteiger partial charge in [-0.25, -0.2) is 8.42 Å². The van der Waals surface area contributed by atoms with Crippen LogP contribution in [0.15, 0.2) is 77.7 Å². The van der Waals surface area contributed by atoms with Crippen molar-refractivity contribution in [3.05, 3.63) is 83.9 Å². The van der Waals surface area contributed by atoms with Crippen LogP contribution in [0.4, 0.5) is 17.1 Å². The largest absolute Gasteiger partial charge is 0.372 e. The molecule has 1 aliphatic rings. The van der Waals surface area contributed by atoms with E-state index in [1.165, 1.54) is 36.3 Å². The van der Waals surface area contributed by atoms with E-state index in [1.807, 2.05) is 31.2 Å². The van der Waals surface area contributed by atoms with Crippen LogP contribution in [-0.2, 0) is 10.0 Å². The van der Waals surface area contributed by atoms with Crippen LogP contribution in [0.2, 0.25) is 0 Å². The molecule has 0 aliphatic carbocycles. The number of aryl methyl sites for hydroxylation is 1. The molecular weight excluding hydrogens is 434 g/mol. The van der Waals surface area contributed by atoms with E-state index in [1.54, 1.807) is 48.5 Å². The Morgan fingerprint density at radius 3 is 2.06 bits per heavy atom. The molecule has 6 nitrogen and oxygen atoms in total. The SMILES string of the molecule is Cc1ccc(S(=O)(=O)N(C)c2ccc(C(=O)Nc3ccc(N4CCCCC4)cc3)cc2)cc1. The summed E-state index contributed by atoms with van der Waals surface area (Å²) in [5.74, 6) is -0.240. The molecule has 33 heavy (non-hydrogen) atoms. The summed E-state index contributed by atoms with van der Waals surface area (Å²) < 4.78 is 27.0. The van der Waals surface area contributed by atoms with Gasteiger partial charge in [-0.2, -0.15) is 0 Å². The first-order valence-electron chi connectivity index (χ1n) is 11.2. The third-order valence-corrected chi connectivity index (χ3v) is 7.82. The summed E-state index contributed by atoms with van der Waals surface area (Å²) in [7, 11) is -2.17. The van der Waals surface area contributed by atoms with Gasteiger partial charge in [-0.3, -0.25) is 9.10 Å². The Morgan fingerprint density at radius 1 is 0.848 bits per heavy atom. The molecule has 3 aromatic carbocycles. The Hall–Kier alpha value is -3.32. The number of rotatable bonds is 6. The molecule has 1 heterocycles. The lowest BCUT2D eigenvalue weighted by molar-refractivity contribution is 0.102. The Kier molecular flexibility index (Phi) is 6.70. The molecule has 0 saturated carbocycles. The number of nitrogens with zero attached hydrogens (tertiary/aromatic N) is 2. The van der Waals surface area contributed by atoms with Gasteiger partial charge in [-0.15, -0.1) is 0 Å². The fourth-order valence-corrected chi connectivity index (χ4v) is 5.14. The zero-order valence-electron chi connectivity index (χ0n) is 19.0. The van der Waals surface area contributed by atoms with Crippen molar-refractivity contribution in [3.8, 4) is 0 Å². The number of carbonyl (C=O) groups excluding carboxylic acids is 1. The number of benzene rings is 3. The van der Waals surface area contributed by atoms with Crippen LogP contribution >= 0.6 is 0 Å². The van der Waals surface area contributed by atoms with Crippen molar-refractivity contribution >= 4 is 33.0 Å². The molecular formula is C26H29N3O3S. The highest BCUT2D eigenvalue weighted by molar-refractivity contribution is 7.92. The maximum absolute atomic E-state index is 12.9. The Morgan fingerprint density at radius 2 is 1.45 bits per heavy atom. The highest BCUT2D eigenvalue weighted by Gasteiger charge is 2.21. The number of hydrogen-bond donors (Lipinski definition) is 1. The van der Waals surface area contributed by atoms with E-state index in [9.17, 15) is 13.2 Å². The molecule has 1 saturated heterocycles. The van der Waals surface area contributed by atoms with Gasteiger partial charge in [0, 0.05) is 37.1 Å². The Labute approximate surface area is 195 Å². The molecule has 4 rings (SSSR count). The first kappa shape index (κ1) is 22.9. The van der Waals surface area contributed by atoms with Crippen molar-refractivity contribution in [2.24, 2.45) is 0 Å². The molecule has 1 N–H and O–H groups in total. The van der Waals surface area contributed by atoms with Crippen molar-refractivity contribution in [2.45, 2.75) is 31.1 Å². The normalized spacial score (nSPS) is 14.1. The number of piperidine rings is 1. The topological polar surface area (TPSA) is 69.7 Å². The molecule has 7 heteroatoms. The minimum atomic E-state index is -3.68. The van der Waals surface area contributed by atoms with Gasteiger partial charge in [0.2, 0.25) is 0 Å². The number of carbonyl (C=O) groups is 1. The maximum atomic E-state index is 12.9. The molecule has 0 radical (unpaired) electrons. The summed E-state index contributed by atoms with van der Waals surface area (Å²) in [6.45, 7) is 4.06. The van der Waals surface area contributed by atoms with Crippen molar-refractivity contribution < 1.29 is 13.2 Å². The van der Waals surface area contributed by atoms with Crippen LogP contribution in [0, 0.1) is 6.92 Å². The predicted octanol–water partition coefficient (Wildman–Crippen LogP) is 5.06. The van der Waals surface area contributed by atoms with Gasteiger partial charge >= 0.3 is 0 Å². The summed E-state index contributed by atoms with van der Waals surface area (Å²) in [5, 5.41) is 2.91. The lowest BCUT2D eigenvalue weighted by Crippen LogP contribution is -2.29. The lowest BCUT2D eigenvalue weighted by atomic mass is 10.1. The minimum absolute atomic E-state index is 0.227. The monoisotopic (exact) mass is 463 g/mol. The van der Waals surface area contributed by atoms with Gasteiger partial charge in [0.05, 0.1) is 10.6 Å². The van der Waals surface area contributed by atoms with Gasteiger partial charge in [-0.05, 0) is 86.8 Å². The molecule has 1 amide bonds. The molecule has 3 aromatic rings. The zero-order valence-corrected chi connectivity index (χ0v) is 19.8. The third-order valence-electron chi connectivity index (χ3n) is 6.02. The highest BCUT2D eigenvalue weighted by atomic mass is 32.2. The molecule has 1 fully saturated rings. The number of hydrogen-bond acceptors (Lipinski definition) is 4. The second-order valence-electron chi connectivity index (χ2n) is 8.38. The molecule has 0 bridgehead atoms. The van der Waals surface area contributed by atoms with Crippen LogP contribution in [0.3, 0.4) is 0 Å². The summed E-state index contributed by atoms with van der Waals surface area (Å²) in [4.78, 5) is 15.3. The first-order valence-corrected chi connectivity index (χ1v) is 12.6. The van der Waals surface area contributed by atoms with Crippen molar-refractivity contribution in [3.63, 3.8) is 0 Å². The van der Waals surface area contributed by atoms with Crippen LogP contribution in [0.5, 0.6) is 0 Å². The fourth-order valence-electron chi connectivity index (χ4n) is 3.94. The van der Waals surface area contributed by atoms with Crippen molar-refractivity contribution in [2.75, 3.05) is 34.7 Å². The van der Waals surface area contributed by atoms with Gasteiger partial charge < -0.3 is 10.2 Å². The Balaban J connectivity index is 1.42. The number of amides is 1. The molecule has 0 aromatic heterocycles. The second-order valence-corrected chi connectivity index (χ2v) is 10.4. The predicted molar refractivity (Wildman–Crippen MR) is 134 cm³/mol. The maximum Gasteiger partial charge on any atom is 0.264 e. The van der Waals surface area contributed by atoms with Crippen molar-refractivity contribution in [1.29, 1.82) is 0 Å². The molecule has 0 unspecified atom stereocenters. The summed E-state index contributed by atoms with van der Waals surface area (Å²) >= 11 is 0. The first-order chi connectivity index (χ1) is 15.8. The molecule has 0 atom stereocenters. The highest BCUT2D eigenvalue weighted by Crippen LogP contribution is 2.24. The molecule has 172 valence electrons. The third kappa shape index (κ3) is 5.20. The van der Waals surface area contributed by atoms with E-state index in [2.05, 4.69) is 10.2 Å². The zero-order chi connectivity index (χ0) is 23.4. The van der Waals surface area contributed by atoms with Gasteiger partial charge in [0.1, 0.15) is 0 Å². The quantitative estimate of drug-likeness (QED) is 0.555. The number of sulfonamides is 1. The number of anilines is 3. The van der Waals surface area contributed by atoms with Crippen LogP contribution in [0.1, 0.15) is 35.2 Å². The van der Waals surface area contributed by atoms with Gasteiger partial charge in [0.25, 0.3) is 15.9 Å². The van der Waals surface area contributed by atoms with Gasteiger partial charge in [0.15, 0.2) is 0 Å². The molecule has 0 spiro atoms. The fraction of sp³-hybridized carbons (Fsp3) is 0.269. The van der Waals surface area contributed by atoms with Crippen LogP contribution in [-0.4, -0.2) is 34.5 Å². The lowest BCUT2D eigenvalue weighted by Gasteiger charge is -2.28. The van der Waals surface area contributed by atoms with E-state index in [0.717, 1.165) is 24.3 Å². The Bertz CT molecular complexity index is 1200. The standard InChI is InChI=1S/C26H29N3O3S/c1-20-6-16-25(17-7-20)33(31,32)28(2)23-12-8-21(9-13-23)26(30)27-22-10-14-24(15-11-22)29-18-4-3-5-19-29/h6-17H,3-5,18-19H2,1-2H3,(H,27,30). The smallest absolute Gasteiger partial charge is 0.264 e. The summed E-state index contributed by atoms with van der Waals surface area (Å²) in [5.41, 5.74) is 3.84. The minimum Gasteiger partial charge on any atom is -0.372 e. The summed E-state index contributed by atoms with van der Waals surface area (Å²) in [6, 6.07) is 21.2. The average Bonchev–Trinajstić information content (AvgIpc) is 2.85. The van der Waals surface area contributed by atoms with E-state index in [0.29, 0.717) is 11.3 Å².